The van der Waals surface area contributed by atoms with Crippen molar-refractivity contribution >= 4 is 23.3 Å². The Bertz CT molecular complexity index is 1010. The zero-order valence-corrected chi connectivity index (χ0v) is 16.4. The lowest BCUT2D eigenvalue weighted by Crippen LogP contribution is -2.29. The number of halogens is 1. The predicted octanol–water partition coefficient (Wildman–Crippen LogP) is 3.11. The van der Waals surface area contributed by atoms with Crippen molar-refractivity contribution in [3.63, 3.8) is 0 Å². The molecule has 0 aliphatic carbocycles. The average Bonchev–Trinajstić information content (AvgIpc) is 3.06. The van der Waals surface area contributed by atoms with Crippen molar-refractivity contribution in [1.29, 1.82) is 5.26 Å². The molecule has 0 atom stereocenters. The molecule has 3 rings (SSSR count). The fourth-order valence-electron chi connectivity index (χ4n) is 2.76. The minimum atomic E-state index is -0.227. The van der Waals surface area contributed by atoms with Gasteiger partial charge in [-0.2, -0.15) is 10.4 Å². The summed E-state index contributed by atoms with van der Waals surface area (Å²) < 4.78 is 6.96. The van der Waals surface area contributed by atoms with E-state index in [1.165, 1.54) is 0 Å². The number of carbonyl (C=O) groups excluding carboxylic acids is 1. The highest BCUT2D eigenvalue weighted by molar-refractivity contribution is 6.30. The van der Waals surface area contributed by atoms with Crippen molar-refractivity contribution in [3.8, 4) is 17.5 Å². The van der Waals surface area contributed by atoms with Crippen LogP contribution in [-0.2, 0) is 11.2 Å². The van der Waals surface area contributed by atoms with Crippen LogP contribution in [0.3, 0.4) is 0 Å². The number of amides is 1. The maximum atomic E-state index is 11.9. The number of benzene rings is 2. The van der Waals surface area contributed by atoms with E-state index in [0.717, 1.165) is 5.69 Å². The fraction of sp³-hybridized carbons (Fsp3) is 0.190. The summed E-state index contributed by atoms with van der Waals surface area (Å²) >= 11 is 5.81. The van der Waals surface area contributed by atoms with Crippen LogP contribution in [0.4, 0.5) is 5.82 Å². The van der Waals surface area contributed by atoms with Gasteiger partial charge in [0.15, 0.2) is 6.61 Å². The van der Waals surface area contributed by atoms with E-state index in [1.807, 2.05) is 30.3 Å². The van der Waals surface area contributed by atoms with Gasteiger partial charge < -0.3 is 15.8 Å². The van der Waals surface area contributed by atoms with Crippen LogP contribution < -0.4 is 15.8 Å². The number of anilines is 1. The SMILES string of the molecule is N#Cc1c(CCCNC(=O)COc2ccc(Cl)cc2)nn(-c2ccccc2)c1N. The Labute approximate surface area is 173 Å². The summed E-state index contributed by atoms with van der Waals surface area (Å²) in [7, 11) is 0. The Kier molecular flexibility index (Phi) is 6.72. The molecular formula is C21H20ClN5O2. The number of hydrogen-bond acceptors (Lipinski definition) is 5. The molecule has 2 aromatic carbocycles. The third kappa shape index (κ3) is 5.27. The predicted molar refractivity (Wildman–Crippen MR) is 111 cm³/mol. The van der Waals surface area contributed by atoms with Crippen molar-refractivity contribution in [2.75, 3.05) is 18.9 Å². The molecule has 0 radical (unpaired) electrons. The van der Waals surface area contributed by atoms with E-state index in [0.29, 0.717) is 47.2 Å². The maximum absolute atomic E-state index is 11.9. The number of para-hydroxylation sites is 1. The van der Waals surface area contributed by atoms with E-state index in [9.17, 15) is 10.1 Å². The molecule has 0 saturated heterocycles. The van der Waals surface area contributed by atoms with Gasteiger partial charge in [0.05, 0.1) is 11.4 Å². The number of aryl methyl sites for hydroxylation is 1. The molecule has 148 valence electrons. The monoisotopic (exact) mass is 409 g/mol. The number of nitrogen functional groups attached to an aromatic ring is 1. The normalized spacial score (nSPS) is 10.3. The van der Waals surface area contributed by atoms with E-state index in [2.05, 4.69) is 16.5 Å². The summed E-state index contributed by atoms with van der Waals surface area (Å²) in [5.74, 6) is 0.661. The summed E-state index contributed by atoms with van der Waals surface area (Å²) in [6.45, 7) is 0.354. The molecule has 0 bridgehead atoms. The van der Waals surface area contributed by atoms with Crippen molar-refractivity contribution in [3.05, 3.63) is 70.9 Å². The lowest BCUT2D eigenvalue weighted by Gasteiger charge is -2.07. The molecule has 7 nitrogen and oxygen atoms in total. The van der Waals surface area contributed by atoms with Gasteiger partial charge in [-0.25, -0.2) is 4.68 Å². The van der Waals surface area contributed by atoms with Gasteiger partial charge in [0, 0.05) is 11.6 Å². The Morgan fingerprint density at radius 2 is 1.93 bits per heavy atom. The van der Waals surface area contributed by atoms with Gasteiger partial charge in [0.25, 0.3) is 5.91 Å². The number of nitrogens with two attached hydrogens (primary N) is 1. The average molecular weight is 410 g/mol. The molecule has 0 unspecified atom stereocenters. The van der Waals surface area contributed by atoms with E-state index >= 15 is 0 Å². The van der Waals surface area contributed by atoms with E-state index in [-0.39, 0.29) is 12.5 Å². The standard InChI is InChI=1S/C21H20ClN5O2/c22-15-8-10-17(11-9-15)29-14-20(28)25-12-4-7-19-18(13-23)21(24)27(26-19)16-5-2-1-3-6-16/h1-3,5-6,8-11H,4,7,12,14,24H2,(H,25,28). The molecule has 8 heteroatoms. The highest BCUT2D eigenvalue weighted by Crippen LogP contribution is 2.21. The second-order valence-electron chi connectivity index (χ2n) is 6.26. The van der Waals surface area contributed by atoms with Crippen LogP contribution in [-0.4, -0.2) is 28.8 Å². The maximum Gasteiger partial charge on any atom is 0.257 e. The molecule has 3 N–H and O–H groups in total. The first-order valence-electron chi connectivity index (χ1n) is 9.06. The summed E-state index contributed by atoms with van der Waals surface area (Å²) in [4.78, 5) is 11.9. The number of hydrogen-bond donors (Lipinski definition) is 2. The summed E-state index contributed by atoms with van der Waals surface area (Å²) in [5.41, 5.74) is 7.86. The molecule has 0 saturated carbocycles. The third-order valence-corrected chi connectivity index (χ3v) is 4.45. The van der Waals surface area contributed by atoms with Crippen molar-refractivity contribution < 1.29 is 9.53 Å². The molecular weight excluding hydrogens is 390 g/mol. The van der Waals surface area contributed by atoms with E-state index < -0.39 is 0 Å². The Hall–Kier alpha value is -3.50. The lowest BCUT2D eigenvalue weighted by molar-refractivity contribution is -0.123. The highest BCUT2D eigenvalue weighted by atomic mass is 35.5. The Balaban J connectivity index is 1.49. The molecule has 3 aromatic rings. The number of ether oxygens (including phenoxy) is 1. The van der Waals surface area contributed by atoms with Crippen molar-refractivity contribution in [2.24, 2.45) is 0 Å². The van der Waals surface area contributed by atoms with Gasteiger partial charge in [0.2, 0.25) is 0 Å². The lowest BCUT2D eigenvalue weighted by atomic mass is 10.1. The van der Waals surface area contributed by atoms with Crippen LogP contribution in [0.15, 0.2) is 54.6 Å². The summed E-state index contributed by atoms with van der Waals surface area (Å²) in [6.07, 6.45) is 1.14. The number of aromatic nitrogens is 2. The largest absolute Gasteiger partial charge is 0.484 e. The van der Waals surface area contributed by atoms with Crippen molar-refractivity contribution in [2.45, 2.75) is 12.8 Å². The smallest absolute Gasteiger partial charge is 0.257 e. The zero-order valence-electron chi connectivity index (χ0n) is 15.6. The van der Waals surface area contributed by atoms with Crippen LogP contribution >= 0.6 is 11.6 Å². The van der Waals surface area contributed by atoms with E-state index in [1.54, 1.807) is 28.9 Å². The molecule has 0 aliphatic rings. The fourth-order valence-corrected chi connectivity index (χ4v) is 2.88. The summed E-state index contributed by atoms with van der Waals surface area (Å²) in [5, 5.41) is 17.3. The molecule has 0 fully saturated rings. The number of nitrogens with zero attached hydrogens (tertiary/aromatic N) is 3. The minimum absolute atomic E-state index is 0.0827. The zero-order chi connectivity index (χ0) is 20.6. The van der Waals surface area contributed by atoms with Crippen LogP contribution in [0.1, 0.15) is 17.7 Å². The Morgan fingerprint density at radius 1 is 1.21 bits per heavy atom. The first-order valence-corrected chi connectivity index (χ1v) is 9.44. The van der Waals surface area contributed by atoms with Gasteiger partial charge in [0.1, 0.15) is 23.2 Å². The molecule has 0 aliphatic heterocycles. The number of carbonyl (C=O) groups is 1. The molecule has 1 heterocycles. The Morgan fingerprint density at radius 3 is 2.62 bits per heavy atom. The minimum Gasteiger partial charge on any atom is -0.484 e. The quantitative estimate of drug-likeness (QED) is 0.556. The van der Waals surface area contributed by atoms with Gasteiger partial charge in [-0.1, -0.05) is 29.8 Å². The van der Waals surface area contributed by atoms with Crippen LogP contribution in [0.5, 0.6) is 5.75 Å². The van der Waals surface area contributed by atoms with Crippen molar-refractivity contribution in [1.82, 2.24) is 15.1 Å². The summed E-state index contributed by atoms with van der Waals surface area (Å²) in [6, 6.07) is 18.3. The van der Waals surface area contributed by atoms with Gasteiger partial charge in [-0.3, -0.25) is 4.79 Å². The van der Waals surface area contributed by atoms with Gasteiger partial charge in [-0.05, 0) is 49.2 Å². The van der Waals surface area contributed by atoms with Crippen LogP contribution in [0.2, 0.25) is 5.02 Å². The second kappa shape index (κ2) is 9.62. The molecule has 1 amide bonds. The molecule has 29 heavy (non-hydrogen) atoms. The molecule has 0 spiro atoms. The third-order valence-electron chi connectivity index (χ3n) is 4.20. The van der Waals surface area contributed by atoms with Crippen LogP contribution in [0.25, 0.3) is 5.69 Å². The van der Waals surface area contributed by atoms with Crippen LogP contribution in [0, 0.1) is 11.3 Å². The second-order valence-corrected chi connectivity index (χ2v) is 6.70. The number of nitrogens with one attached hydrogen (secondary N) is 1. The van der Waals surface area contributed by atoms with Gasteiger partial charge >= 0.3 is 0 Å². The molecule has 1 aromatic heterocycles. The number of nitriles is 1. The first-order chi connectivity index (χ1) is 14.1. The van der Waals surface area contributed by atoms with Gasteiger partial charge in [-0.15, -0.1) is 0 Å². The van der Waals surface area contributed by atoms with E-state index in [4.69, 9.17) is 22.1 Å². The highest BCUT2D eigenvalue weighted by Gasteiger charge is 2.16. The first kappa shape index (κ1) is 20.2. The number of rotatable bonds is 8. The topological polar surface area (TPSA) is 106 Å².